The van der Waals surface area contributed by atoms with Crippen molar-refractivity contribution in [2.45, 2.75) is 38.4 Å². The zero-order valence-electron chi connectivity index (χ0n) is 20.7. The highest BCUT2D eigenvalue weighted by Crippen LogP contribution is 2.34. The number of aryl methyl sites for hydroxylation is 1. The van der Waals surface area contributed by atoms with Gasteiger partial charge in [0.05, 0.1) is 19.7 Å². The molecule has 188 valence electrons. The number of nitrogens with one attached hydrogen (secondary N) is 2. The molecule has 2 amide bonds. The van der Waals surface area contributed by atoms with E-state index in [0.717, 1.165) is 27.6 Å². The second-order valence-corrected chi connectivity index (χ2v) is 8.86. The largest absolute Gasteiger partial charge is 0.496 e. The standard InChI is InChI=1S/C27H32N6O3/c1-16(30-2)26(34)31-22-12-9-17-6-4-5-7-23(17)33(27(22)35)15-21-20-11-8-19(25(28)32-29)14-18(20)10-13-24(21)36-3/h4-8,10-11,13-14,16,22,30H,9,12,15,29H2,1-3H3,(H2,28,32)(H,31,34)/t16-,22?/m0/s1. The molecule has 0 bridgehead atoms. The number of likely N-dealkylation sites (N-methyl/N-ethyl adjacent to an activating group) is 1. The Hall–Kier alpha value is -4.11. The Balaban J connectivity index is 1.78. The molecule has 3 aromatic rings. The Labute approximate surface area is 210 Å². The van der Waals surface area contributed by atoms with Crippen molar-refractivity contribution in [2.24, 2.45) is 16.7 Å². The van der Waals surface area contributed by atoms with Crippen molar-refractivity contribution < 1.29 is 14.3 Å². The minimum absolute atomic E-state index is 0.160. The van der Waals surface area contributed by atoms with Crippen molar-refractivity contribution in [3.05, 3.63) is 71.3 Å². The van der Waals surface area contributed by atoms with E-state index in [1.54, 1.807) is 26.0 Å². The maximum Gasteiger partial charge on any atom is 0.249 e. The molecule has 2 atom stereocenters. The summed E-state index contributed by atoms with van der Waals surface area (Å²) >= 11 is 0. The molecule has 1 unspecified atom stereocenters. The Morgan fingerprint density at radius 2 is 2.00 bits per heavy atom. The maximum absolute atomic E-state index is 13.9. The Bertz CT molecular complexity index is 1320. The van der Waals surface area contributed by atoms with Crippen LogP contribution in [0.4, 0.5) is 5.69 Å². The topological polar surface area (TPSA) is 135 Å². The molecule has 0 fully saturated rings. The van der Waals surface area contributed by atoms with Crippen LogP contribution in [-0.2, 0) is 22.6 Å². The molecule has 9 heteroatoms. The molecule has 3 aromatic carbocycles. The van der Waals surface area contributed by atoms with Gasteiger partial charge in [-0.25, -0.2) is 0 Å². The van der Waals surface area contributed by atoms with Crippen molar-refractivity contribution >= 4 is 34.1 Å². The fourth-order valence-electron chi connectivity index (χ4n) is 4.56. The summed E-state index contributed by atoms with van der Waals surface area (Å²) in [4.78, 5) is 28.3. The molecule has 1 aliphatic rings. The number of nitrogens with two attached hydrogens (primary N) is 2. The van der Waals surface area contributed by atoms with Crippen molar-refractivity contribution in [1.29, 1.82) is 0 Å². The lowest BCUT2D eigenvalue weighted by Gasteiger charge is -2.28. The summed E-state index contributed by atoms with van der Waals surface area (Å²) in [6.45, 7) is 2.03. The van der Waals surface area contributed by atoms with Crippen molar-refractivity contribution in [3.8, 4) is 5.75 Å². The van der Waals surface area contributed by atoms with Crippen LogP contribution in [0.25, 0.3) is 10.8 Å². The second kappa shape index (κ2) is 10.7. The van der Waals surface area contributed by atoms with Gasteiger partial charge in [0, 0.05) is 16.8 Å². The summed E-state index contributed by atoms with van der Waals surface area (Å²) in [6, 6.07) is 16.3. The van der Waals surface area contributed by atoms with Gasteiger partial charge in [-0.1, -0.05) is 36.4 Å². The van der Waals surface area contributed by atoms with E-state index in [-0.39, 0.29) is 24.2 Å². The molecular weight excluding hydrogens is 456 g/mol. The first kappa shape index (κ1) is 25.0. The Morgan fingerprint density at radius 3 is 2.72 bits per heavy atom. The SMILES string of the molecule is CN[C@@H](C)C(=O)NC1CCc2ccccc2N(Cc2c(OC)ccc3cc(C(N)=NN)ccc23)C1=O. The average Bonchev–Trinajstić information content (AvgIpc) is 3.04. The predicted molar refractivity (Wildman–Crippen MR) is 142 cm³/mol. The summed E-state index contributed by atoms with van der Waals surface area (Å²) in [5.74, 6) is 5.89. The van der Waals surface area contributed by atoms with Crippen LogP contribution >= 0.6 is 0 Å². The van der Waals surface area contributed by atoms with Gasteiger partial charge >= 0.3 is 0 Å². The van der Waals surface area contributed by atoms with E-state index in [9.17, 15) is 9.59 Å². The van der Waals surface area contributed by atoms with Crippen LogP contribution in [-0.4, -0.2) is 43.9 Å². The summed E-state index contributed by atoms with van der Waals surface area (Å²) in [5.41, 5.74) is 9.35. The first-order valence-electron chi connectivity index (χ1n) is 11.9. The fourth-order valence-corrected chi connectivity index (χ4v) is 4.56. The number of rotatable bonds is 7. The van der Waals surface area contributed by atoms with E-state index >= 15 is 0 Å². The van der Waals surface area contributed by atoms with Crippen molar-refractivity contribution in [2.75, 3.05) is 19.1 Å². The zero-order valence-corrected chi connectivity index (χ0v) is 20.7. The molecule has 0 aliphatic carbocycles. The molecule has 0 aromatic heterocycles. The van der Waals surface area contributed by atoms with Crippen LogP contribution in [0.2, 0.25) is 0 Å². The molecule has 9 nitrogen and oxygen atoms in total. The summed E-state index contributed by atoms with van der Waals surface area (Å²) in [6.07, 6.45) is 1.19. The molecule has 1 heterocycles. The van der Waals surface area contributed by atoms with Gasteiger partial charge < -0.3 is 31.8 Å². The molecule has 0 saturated heterocycles. The first-order valence-corrected chi connectivity index (χ1v) is 11.9. The van der Waals surface area contributed by atoms with Gasteiger partial charge in [-0.3, -0.25) is 9.59 Å². The van der Waals surface area contributed by atoms with Gasteiger partial charge in [-0.15, -0.1) is 0 Å². The Kier molecular flexibility index (Phi) is 7.40. The van der Waals surface area contributed by atoms with Crippen LogP contribution in [0.3, 0.4) is 0 Å². The predicted octanol–water partition coefficient (Wildman–Crippen LogP) is 2.00. The monoisotopic (exact) mass is 488 g/mol. The fraction of sp³-hybridized carbons (Fsp3) is 0.296. The van der Waals surface area contributed by atoms with Crippen LogP contribution in [0.15, 0.2) is 59.7 Å². The number of benzene rings is 3. The van der Waals surface area contributed by atoms with E-state index < -0.39 is 12.1 Å². The summed E-state index contributed by atoms with van der Waals surface area (Å²) in [7, 11) is 3.32. The molecule has 0 spiro atoms. The molecule has 1 aliphatic heterocycles. The molecule has 4 rings (SSSR count). The van der Waals surface area contributed by atoms with E-state index in [1.165, 1.54) is 0 Å². The minimum atomic E-state index is -0.645. The molecule has 6 N–H and O–H groups in total. The molecule has 36 heavy (non-hydrogen) atoms. The number of methoxy groups -OCH3 is 1. The number of hydrogen-bond acceptors (Lipinski definition) is 6. The lowest BCUT2D eigenvalue weighted by Crippen LogP contribution is -2.52. The number of carbonyl (C=O) groups excluding carboxylic acids is 2. The number of hydrogen-bond donors (Lipinski definition) is 4. The number of ether oxygens (including phenoxy) is 1. The maximum atomic E-state index is 13.9. The van der Waals surface area contributed by atoms with Gasteiger partial charge in [0.25, 0.3) is 0 Å². The highest BCUT2D eigenvalue weighted by Gasteiger charge is 2.33. The van der Waals surface area contributed by atoms with Crippen LogP contribution in [0, 0.1) is 0 Å². The number of amides is 2. The van der Waals surface area contributed by atoms with Crippen LogP contribution < -0.4 is 31.8 Å². The molecule has 0 radical (unpaired) electrons. The number of hydrazone groups is 1. The van der Waals surface area contributed by atoms with E-state index in [0.29, 0.717) is 24.2 Å². The number of fused-ring (bicyclic) bond motifs is 2. The smallest absolute Gasteiger partial charge is 0.249 e. The van der Waals surface area contributed by atoms with Gasteiger partial charge in [0.2, 0.25) is 11.8 Å². The third-order valence-corrected chi connectivity index (χ3v) is 6.75. The molecule has 0 saturated carbocycles. The molecular formula is C27H32N6O3. The normalized spacial score (nSPS) is 16.9. The van der Waals surface area contributed by atoms with Gasteiger partial charge in [0.15, 0.2) is 0 Å². The van der Waals surface area contributed by atoms with Gasteiger partial charge in [0.1, 0.15) is 17.6 Å². The highest BCUT2D eigenvalue weighted by atomic mass is 16.5. The number of carbonyl (C=O) groups is 2. The highest BCUT2D eigenvalue weighted by molar-refractivity contribution is 6.03. The third-order valence-electron chi connectivity index (χ3n) is 6.75. The third kappa shape index (κ3) is 4.83. The van der Waals surface area contributed by atoms with Gasteiger partial charge in [-0.2, -0.15) is 5.10 Å². The van der Waals surface area contributed by atoms with Crippen LogP contribution in [0.1, 0.15) is 30.0 Å². The first-order chi connectivity index (χ1) is 17.4. The van der Waals surface area contributed by atoms with Crippen LogP contribution in [0.5, 0.6) is 5.75 Å². The number of anilines is 1. The summed E-state index contributed by atoms with van der Waals surface area (Å²) in [5, 5.41) is 11.3. The van der Waals surface area contributed by atoms with Gasteiger partial charge in [-0.05, 0) is 61.3 Å². The number of amidine groups is 1. The average molecular weight is 489 g/mol. The zero-order chi connectivity index (χ0) is 25.8. The van der Waals surface area contributed by atoms with E-state index in [4.69, 9.17) is 16.3 Å². The van der Waals surface area contributed by atoms with Crippen molar-refractivity contribution in [3.63, 3.8) is 0 Å². The van der Waals surface area contributed by atoms with Crippen molar-refractivity contribution in [1.82, 2.24) is 10.6 Å². The lowest BCUT2D eigenvalue weighted by molar-refractivity contribution is -0.128. The minimum Gasteiger partial charge on any atom is -0.496 e. The number of para-hydroxylation sites is 1. The van der Waals surface area contributed by atoms with E-state index in [1.807, 2.05) is 54.6 Å². The second-order valence-electron chi connectivity index (χ2n) is 8.86. The Morgan fingerprint density at radius 1 is 1.22 bits per heavy atom. The summed E-state index contributed by atoms with van der Waals surface area (Å²) < 4.78 is 5.70. The van der Waals surface area contributed by atoms with E-state index in [2.05, 4.69) is 15.7 Å². The number of nitrogens with zero attached hydrogens (tertiary/aromatic N) is 2. The quantitative estimate of drug-likeness (QED) is 0.174. The lowest BCUT2D eigenvalue weighted by atomic mass is 9.99.